The Bertz CT molecular complexity index is 258. The molecule has 15 heavy (non-hydrogen) atoms. The molecule has 0 bridgehead atoms. The number of halogens is 2. The number of benzene rings is 1. The number of hydrogen-bond acceptors (Lipinski definition) is 1. The molecular formula is C11H14BrFMgO. The molecule has 1 aromatic carbocycles. The Balaban J connectivity index is 0. The molecule has 0 heterocycles. The molecule has 1 nitrogen and oxygen atoms in total. The van der Waals surface area contributed by atoms with E-state index in [2.05, 4.69) is 13.0 Å². The van der Waals surface area contributed by atoms with E-state index in [0.717, 1.165) is 25.0 Å². The summed E-state index contributed by atoms with van der Waals surface area (Å²) in [5.74, 6) is -0.229. The van der Waals surface area contributed by atoms with Crippen LogP contribution in [0.5, 0.6) is 0 Å². The van der Waals surface area contributed by atoms with Crippen LogP contribution >= 0.6 is 0 Å². The summed E-state index contributed by atoms with van der Waals surface area (Å²) in [7, 11) is 0. The van der Waals surface area contributed by atoms with Crippen LogP contribution in [0.25, 0.3) is 0 Å². The zero-order chi connectivity index (χ0) is 9.52. The van der Waals surface area contributed by atoms with Gasteiger partial charge in [0.25, 0.3) is 0 Å². The maximum Gasteiger partial charge on any atom is 2.00 e. The number of unbranched alkanes of at least 4 members (excludes halogenated alkanes) is 1. The molecule has 0 aliphatic carbocycles. The van der Waals surface area contributed by atoms with Crippen molar-refractivity contribution < 1.29 is 26.1 Å². The van der Waals surface area contributed by atoms with Crippen molar-refractivity contribution in [3.63, 3.8) is 0 Å². The van der Waals surface area contributed by atoms with Gasteiger partial charge in [0, 0.05) is 19.0 Å². The fourth-order valence-electron chi connectivity index (χ4n) is 0.996. The van der Waals surface area contributed by atoms with Gasteiger partial charge in [-0.3, -0.25) is 0 Å². The molecule has 0 unspecified atom stereocenters. The average molecular weight is 285 g/mol. The van der Waals surface area contributed by atoms with Crippen LogP contribution in [0.1, 0.15) is 25.3 Å². The van der Waals surface area contributed by atoms with Gasteiger partial charge in [-0.15, -0.1) is 17.7 Å². The average Bonchev–Trinajstić information content (AvgIpc) is 2.13. The first-order valence-electron chi connectivity index (χ1n) is 4.57. The summed E-state index contributed by atoms with van der Waals surface area (Å²) in [5.41, 5.74) is 0.774. The van der Waals surface area contributed by atoms with Gasteiger partial charge in [-0.1, -0.05) is 13.3 Å². The Labute approximate surface area is 117 Å². The number of ether oxygens (including phenoxy) is 1. The van der Waals surface area contributed by atoms with Gasteiger partial charge in [-0.25, -0.2) is 4.39 Å². The molecule has 0 atom stereocenters. The van der Waals surface area contributed by atoms with E-state index < -0.39 is 0 Å². The molecule has 0 saturated carbocycles. The quantitative estimate of drug-likeness (QED) is 0.405. The predicted octanol–water partition coefficient (Wildman–Crippen LogP) is -0.434. The molecule has 0 saturated heterocycles. The van der Waals surface area contributed by atoms with E-state index in [9.17, 15) is 4.39 Å². The van der Waals surface area contributed by atoms with Crippen LogP contribution in [0.3, 0.4) is 0 Å². The summed E-state index contributed by atoms with van der Waals surface area (Å²) in [6, 6.07) is 7.33. The maximum atomic E-state index is 12.7. The van der Waals surface area contributed by atoms with Crippen molar-refractivity contribution in [2.75, 3.05) is 6.61 Å². The summed E-state index contributed by atoms with van der Waals surface area (Å²) < 4.78 is 18.0. The van der Waals surface area contributed by atoms with Crippen LogP contribution in [0, 0.1) is 11.9 Å². The summed E-state index contributed by atoms with van der Waals surface area (Å²) in [6.07, 6.45) is 2.17. The van der Waals surface area contributed by atoms with E-state index in [1.54, 1.807) is 6.07 Å². The second-order valence-electron chi connectivity index (χ2n) is 2.94. The Morgan fingerprint density at radius 1 is 1.47 bits per heavy atom. The standard InChI is InChI=1S/C11H14FO.BrH.Mg/c1-2-3-7-13-9-10-5-4-6-11(12)8-10;;/h4,6,8H,2-3,7,9H2,1H3;1H;/q-1;;+2/p-1. The minimum Gasteiger partial charge on any atom is -1.00 e. The van der Waals surface area contributed by atoms with Gasteiger partial charge in [0.15, 0.2) is 0 Å². The van der Waals surface area contributed by atoms with Crippen LogP contribution in [-0.2, 0) is 11.3 Å². The van der Waals surface area contributed by atoms with Gasteiger partial charge >= 0.3 is 23.1 Å². The van der Waals surface area contributed by atoms with Crippen LogP contribution in [0.4, 0.5) is 4.39 Å². The largest absolute Gasteiger partial charge is 2.00 e. The van der Waals surface area contributed by atoms with Crippen molar-refractivity contribution in [1.82, 2.24) is 0 Å². The van der Waals surface area contributed by atoms with E-state index in [0.29, 0.717) is 6.61 Å². The van der Waals surface area contributed by atoms with Crippen LogP contribution < -0.4 is 17.0 Å². The van der Waals surface area contributed by atoms with E-state index in [1.807, 2.05) is 0 Å². The normalized spacial score (nSPS) is 8.93. The summed E-state index contributed by atoms with van der Waals surface area (Å²) in [6.45, 7) is 3.30. The molecule has 4 heteroatoms. The van der Waals surface area contributed by atoms with Gasteiger partial charge in [-0.2, -0.15) is 12.1 Å². The molecule has 0 N–H and O–H groups in total. The second kappa shape index (κ2) is 10.9. The Kier molecular flexibility index (Phi) is 12.8. The van der Waals surface area contributed by atoms with Gasteiger partial charge < -0.3 is 21.7 Å². The third-order valence-electron chi connectivity index (χ3n) is 1.72. The third-order valence-corrected chi connectivity index (χ3v) is 1.72. The minimum absolute atomic E-state index is 0. The summed E-state index contributed by atoms with van der Waals surface area (Å²) in [4.78, 5) is 0. The first kappa shape index (κ1) is 17.7. The van der Waals surface area contributed by atoms with Crippen molar-refractivity contribution in [1.29, 1.82) is 0 Å². The summed E-state index contributed by atoms with van der Waals surface area (Å²) in [5, 5.41) is 0. The zero-order valence-corrected chi connectivity index (χ0v) is 11.9. The van der Waals surface area contributed by atoms with Gasteiger partial charge in [0.2, 0.25) is 0 Å². The second-order valence-corrected chi connectivity index (χ2v) is 2.94. The molecule has 0 spiro atoms. The molecule has 0 amide bonds. The van der Waals surface area contributed by atoms with E-state index in [-0.39, 0.29) is 45.9 Å². The van der Waals surface area contributed by atoms with E-state index in [1.165, 1.54) is 12.1 Å². The topological polar surface area (TPSA) is 9.23 Å². The van der Waals surface area contributed by atoms with Crippen LogP contribution in [-0.4, -0.2) is 29.7 Å². The molecule has 80 valence electrons. The molecule has 1 aromatic rings. The smallest absolute Gasteiger partial charge is 1.00 e. The zero-order valence-electron chi connectivity index (χ0n) is 8.93. The third kappa shape index (κ3) is 8.19. The van der Waals surface area contributed by atoms with Crippen LogP contribution in [0.15, 0.2) is 18.2 Å². The molecular weight excluding hydrogens is 271 g/mol. The van der Waals surface area contributed by atoms with Crippen molar-refractivity contribution in [2.45, 2.75) is 26.4 Å². The molecule has 0 aliphatic heterocycles. The van der Waals surface area contributed by atoms with Crippen molar-refractivity contribution >= 4 is 23.1 Å². The van der Waals surface area contributed by atoms with Crippen molar-refractivity contribution in [3.8, 4) is 0 Å². The van der Waals surface area contributed by atoms with Crippen molar-refractivity contribution in [3.05, 3.63) is 35.6 Å². The van der Waals surface area contributed by atoms with Gasteiger partial charge in [0.1, 0.15) is 0 Å². The maximum absolute atomic E-state index is 12.7. The Hall–Kier alpha value is 0.356. The SMILES string of the molecule is CCCCOCc1[c-]ccc(F)c1.[Br-].[Mg+2]. The number of hydrogen-bond donors (Lipinski definition) is 0. The van der Waals surface area contributed by atoms with E-state index in [4.69, 9.17) is 4.74 Å². The molecule has 0 aromatic heterocycles. The Morgan fingerprint density at radius 2 is 2.20 bits per heavy atom. The minimum atomic E-state index is -0.229. The predicted molar refractivity (Wildman–Crippen MR) is 55.6 cm³/mol. The van der Waals surface area contributed by atoms with Gasteiger partial charge in [0.05, 0.1) is 0 Å². The molecule has 0 aliphatic rings. The first-order valence-corrected chi connectivity index (χ1v) is 4.57. The molecule has 1 rings (SSSR count). The van der Waals surface area contributed by atoms with Crippen molar-refractivity contribution in [2.24, 2.45) is 0 Å². The fourth-order valence-corrected chi connectivity index (χ4v) is 0.996. The number of rotatable bonds is 5. The molecule has 0 fully saturated rings. The first-order chi connectivity index (χ1) is 6.33. The summed E-state index contributed by atoms with van der Waals surface area (Å²) >= 11 is 0. The monoisotopic (exact) mass is 284 g/mol. The molecule has 0 radical (unpaired) electrons. The van der Waals surface area contributed by atoms with E-state index >= 15 is 0 Å². The fraction of sp³-hybridized carbons (Fsp3) is 0.455. The van der Waals surface area contributed by atoms with Gasteiger partial charge in [-0.05, 0) is 6.42 Å². The van der Waals surface area contributed by atoms with Crippen LogP contribution in [0.2, 0.25) is 0 Å². The Morgan fingerprint density at radius 3 is 2.80 bits per heavy atom.